The Bertz CT molecular complexity index is 612. The van der Waals surface area contributed by atoms with E-state index in [2.05, 4.69) is 66.6 Å². The van der Waals surface area contributed by atoms with E-state index >= 15 is 0 Å². The fourth-order valence-corrected chi connectivity index (χ4v) is 3.47. The number of likely N-dealkylation sites (tertiary alicyclic amines) is 1. The number of benzene rings is 1. The first-order chi connectivity index (χ1) is 12.9. The molecule has 0 atom stereocenters. The van der Waals surface area contributed by atoms with Crippen LogP contribution in [-0.4, -0.2) is 55.5 Å². The van der Waals surface area contributed by atoms with Crippen molar-refractivity contribution in [3.63, 3.8) is 0 Å². The minimum Gasteiger partial charge on any atom is -0.369 e. The lowest BCUT2D eigenvalue weighted by atomic mass is 9.86. The summed E-state index contributed by atoms with van der Waals surface area (Å²) in [5.41, 5.74) is 6.73. The van der Waals surface area contributed by atoms with E-state index in [4.69, 9.17) is 10.7 Å². The molecule has 1 saturated heterocycles. The SMILES string of the molecule is CCNC(=NCC(C)(C)Cc1ccccc1)NC1CCN(CC(N)=O)CC1.I. The molecular formula is C21H36IN5O. The van der Waals surface area contributed by atoms with E-state index in [-0.39, 0.29) is 35.3 Å². The number of primary amides is 1. The number of carbonyl (C=O) groups excluding carboxylic acids is 1. The molecule has 0 saturated carbocycles. The highest BCUT2D eigenvalue weighted by Gasteiger charge is 2.22. The third-order valence-electron chi connectivity index (χ3n) is 4.84. The van der Waals surface area contributed by atoms with Crippen molar-refractivity contribution in [1.29, 1.82) is 0 Å². The fourth-order valence-electron chi connectivity index (χ4n) is 3.47. The van der Waals surface area contributed by atoms with Crippen molar-refractivity contribution in [3.05, 3.63) is 35.9 Å². The van der Waals surface area contributed by atoms with Crippen LogP contribution in [0, 0.1) is 5.41 Å². The molecule has 1 amide bonds. The van der Waals surface area contributed by atoms with Gasteiger partial charge in [0, 0.05) is 32.2 Å². The van der Waals surface area contributed by atoms with E-state index < -0.39 is 0 Å². The largest absolute Gasteiger partial charge is 0.369 e. The van der Waals surface area contributed by atoms with Gasteiger partial charge in [0.1, 0.15) is 0 Å². The Morgan fingerprint density at radius 1 is 1.25 bits per heavy atom. The van der Waals surface area contributed by atoms with E-state index in [9.17, 15) is 4.79 Å². The average Bonchev–Trinajstić information content (AvgIpc) is 2.62. The summed E-state index contributed by atoms with van der Waals surface area (Å²) in [5.74, 6) is 0.629. The van der Waals surface area contributed by atoms with Crippen LogP contribution in [0.25, 0.3) is 0 Å². The van der Waals surface area contributed by atoms with Crippen molar-refractivity contribution in [2.24, 2.45) is 16.1 Å². The van der Waals surface area contributed by atoms with Gasteiger partial charge in [0.05, 0.1) is 6.54 Å². The van der Waals surface area contributed by atoms with Gasteiger partial charge < -0.3 is 16.4 Å². The predicted molar refractivity (Wildman–Crippen MR) is 127 cm³/mol. The first kappa shape index (κ1) is 24.7. The Morgan fingerprint density at radius 2 is 1.89 bits per heavy atom. The summed E-state index contributed by atoms with van der Waals surface area (Å²) in [5, 5.41) is 6.92. The highest BCUT2D eigenvalue weighted by molar-refractivity contribution is 14.0. The molecule has 7 heteroatoms. The molecule has 158 valence electrons. The van der Waals surface area contributed by atoms with E-state index in [0.717, 1.165) is 51.4 Å². The number of carbonyl (C=O) groups is 1. The Hall–Kier alpha value is -1.35. The van der Waals surface area contributed by atoms with Gasteiger partial charge in [0.15, 0.2) is 5.96 Å². The van der Waals surface area contributed by atoms with Crippen LogP contribution in [0.5, 0.6) is 0 Å². The van der Waals surface area contributed by atoms with Crippen LogP contribution < -0.4 is 16.4 Å². The Kier molecular flexibility index (Phi) is 10.8. The number of piperidine rings is 1. The maximum Gasteiger partial charge on any atom is 0.231 e. The van der Waals surface area contributed by atoms with Crippen LogP contribution in [0.1, 0.15) is 39.2 Å². The number of rotatable bonds is 8. The number of halogens is 1. The van der Waals surface area contributed by atoms with Crippen molar-refractivity contribution in [2.45, 2.75) is 46.1 Å². The van der Waals surface area contributed by atoms with Crippen molar-refractivity contribution < 1.29 is 4.79 Å². The normalized spacial score (nSPS) is 16.3. The smallest absolute Gasteiger partial charge is 0.231 e. The van der Waals surface area contributed by atoms with Crippen LogP contribution in [-0.2, 0) is 11.2 Å². The molecule has 1 aliphatic heterocycles. The van der Waals surface area contributed by atoms with Crippen LogP contribution >= 0.6 is 24.0 Å². The second kappa shape index (κ2) is 12.3. The van der Waals surface area contributed by atoms with Crippen molar-refractivity contribution in [2.75, 3.05) is 32.7 Å². The topological polar surface area (TPSA) is 82.8 Å². The van der Waals surface area contributed by atoms with E-state index in [1.807, 2.05) is 0 Å². The second-order valence-electron chi connectivity index (χ2n) is 8.18. The summed E-state index contributed by atoms with van der Waals surface area (Å²) in [6.07, 6.45) is 2.98. The molecule has 0 spiro atoms. The molecule has 0 aliphatic carbocycles. The lowest BCUT2D eigenvalue weighted by molar-refractivity contribution is -0.119. The maximum atomic E-state index is 11.1. The quantitative estimate of drug-likeness (QED) is 0.290. The lowest BCUT2D eigenvalue weighted by Gasteiger charge is -2.32. The number of nitrogens with two attached hydrogens (primary N) is 1. The highest BCUT2D eigenvalue weighted by Crippen LogP contribution is 2.22. The summed E-state index contributed by atoms with van der Waals surface area (Å²) in [7, 11) is 0. The van der Waals surface area contributed by atoms with Crippen LogP contribution in [0.3, 0.4) is 0 Å². The zero-order chi connectivity index (χ0) is 19.7. The molecule has 0 bridgehead atoms. The third kappa shape index (κ3) is 9.23. The molecule has 1 aromatic carbocycles. The zero-order valence-electron chi connectivity index (χ0n) is 17.4. The average molecular weight is 501 g/mol. The Labute approximate surface area is 186 Å². The van der Waals surface area contributed by atoms with Gasteiger partial charge in [-0.05, 0) is 37.2 Å². The summed E-state index contributed by atoms with van der Waals surface area (Å²) in [6.45, 7) is 10.3. The summed E-state index contributed by atoms with van der Waals surface area (Å²) in [4.78, 5) is 18.0. The number of hydrogen-bond acceptors (Lipinski definition) is 3. The number of nitrogens with zero attached hydrogens (tertiary/aromatic N) is 2. The molecular weight excluding hydrogens is 465 g/mol. The lowest BCUT2D eigenvalue weighted by Crippen LogP contribution is -2.50. The molecule has 2 rings (SSSR count). The molecule has 1 fully saturated rings. The van der Waals surface area contributed by atoms with Gasteiger partial charge in [0.25, 0.3) is 0 Å². The Morgan fingerprint density at radius 3 is 2.46 bits per heavy atom. The van der Waals surface area contributed by atoms with Crippen LogP contribution in [0.15, 0.2) is 35.3 Å². The summed E-state index contributed by atoms with van der Waals surface area (Å²) in [6, 6.07) is 11.0. The third-order valence-corrected chi connectivity index (χ3v) is 4.84. The van der Waals surface area contributed by atoms with Gasteiger partial charge in [0.2, 0.25) is 5.91 Å². The number of guanidine groups is 1. The number of aliphatic imine (C=N–C) groups is 1. The number of nitrogens with one attached hydrogen (secondary N) is 2. The van der Waals surface area contributed by atoms with Gasteiger partial charge in [-0.1, -0.05) is 44.2 Å². The van der Waals surface area contributed by atoms with Gasteiger partial charge in [-0.3, -0.25) is 14.7 Å². The Balaban J connectivity index is 0.00000392. The fraction of sp³-hybridized carbons (Fsp3) is 0.619. The van der Waals surface area contributed by atoms with E-state index in [1.165, 1.54) is 5.56 Å². The van der Waals surface area contributed by atoms with Gasteiger partial charge >= 0.3 is 0 Å². The standard InChI is InChI=1S/C21H35N5O.HI/c1-4-23-20(25-18-10-12-26(13-11-18)15-19(22)27)24-16-21(2,3)14-17-8-6-5-7-9-17;/h5-9,18H,4,10-16H2,1-3H3,(H2,22,27)(H2,23,24,25);1H. The summed E-state index contributed by atoms with van der Waals surface area (Å²) >= 11 is 0. The maximum absolute atomic E-state index is 11.1. The van der Waals surface area contributed by atoms with Crippen molar-refractivity contribution >= 4 is 35.8 Å². The molecule has 0 unspecified atom stereocenters. The highest BCUT2D eigenvalue weighted by atomic mass is 127. The first-order valence-electron chi connectivity index (χ1n) is 9.97. The first-order valence-corrected chi connectivity index (χ1v) is 9.97. The minimum absolute atomic E-state index is 0. The zero-order valence-corrected chi connectivity index (χ0v) is 19.7. The van der Waals surface area contributed by atoms with Crippen LogP contribution in [0.2, 0.25) is 0 Å². The van der Waals surface area contributed by atoms with Gasteiger partial charge in [-0.2, -0.15) is 0 Å². The molecule has 6 nitrogen and oxygen atoms in total. The summed E-state index contributed by atoms with van der Waals surface area (Å²) < 4.78 is 0. The molecule has 0 radical (unpaired) electrons. The van der Waals surface area contributed by atoms with E-state index in [1.54, 1.807) is 0 Å². The number of hydrogen-bond donors (Lipinski definition) is 3. The molecule has 1 aliphatic rings. The predicted octanol–water partition coefficient (Wildman–Crippen LogP) is 2.38. The molecule has 4 N–H and O–H groups in total. The van der Waals surface area contributed by atoms with Gasteiger partial charge in [-0.15, -0.1) is 24.0 Å². The van der Waals surface area contributed by atoms with Crippen molar-refractivity contribution in [1.82, 2.24) is 15.5 Å². The van der Waals surface area contributed by atoms with Gasteiger partial charge in [-0.25, -0.2) is 0 Å². The molecule has 1 aromatic rings. The number of amides is 1. The monoisotopic (exact) mass is 501 g/mol. The minimum atomic E-state index is -0.253. The second-order valence-corrected chi connectivity index (χ2v) is 8.18. The van der Waals surface area contributed by atoms with Crippen LogP contribution in [0.4, 0.5) is 0 Å². The van der Waals surface area contributed by atoms with Crippen molar-refractivity contribution in [3.8, 4) is 0 Å². The molecule has 0 aromatic heterocycles. The molecule has 28 heavy (non-hydrogen) atoms. The molecule has 1 heterocycles. The van der Waals surface area contributed by atoms with E-state index in [0.29, 0.717) is 12.6 Å².